The van der Waals surface area contributed by atoms with Crippen LogP contribution in [-0.2, 0) is 7.05 Å². The molecule has 0 spiro atoms. The van der Waals surface area contributed by atoms with E-state index in [1.807, 2.05) is 0 Å². The third-order valence-electron chi connectivity index (χ3n) is 2.05. The van der Waals surface area contributed by atoms with Crippen LogP contribution >= 0.6 is 0 Å². The SMILES string of the molecule is CC(C)CN(C)C(=O)c1nn(C)cc1N. The Morgan fingerprint density at radius 1 is 1.67 bits per heavy atom. The third-order valence-corrected chi connectivity index (χ3v) is 2.05. The predicted octanol–water partition coefficient (Wildman–Crippen LogP) is 0.730. The van der Waals surface area contributed by atoms with Crippen LogP contribution in [0.1, 0.15) is 24.3 Å². The molecule has 0 saturated heterocycles. The average Bonchev–Trinajstić information content (AvgIpc) is 2.42. The van der Waals surface area contributed by atoms with Crippen molar-refractivity contribution in [2.75, 3.05) is 19.3 Å². The van der Waals surface area contributed by atoms with E-state index in [1.54, 1.807) is 29.9 Å². The average molecular weight is 210 g/mol. The normalized spacial score (nSPS) is 10.7. The molecule has 0 radical (unpaired) electrons. The molecular weight excluding hydrogens is 192 g/mol. The minimum Gasteiger partial charge on any atom is -0.396 e. The van der Waals surface area contributed by atoms with E-state index < -0.39 is 0 Å². The summed E-state index contributed by atoms with van der Waals surface area (Å²) in [5.41, 5.74) is 6.44. The fourth-order valence-electron chi connectivity index (χ4n) is 1.48. The van der Waals surface area contributed by atoms with Gasteiger partial charge in [0.1, 0.15) is 0 Å². The summed E-state index contributed by atoms with van der Waals surface area (Å²) in [6, 6.07) is 0. The van der Waals surface area contributed by atoms with Crippen molar-refractivity contribution in [3.05, 3.63) is 11.9 Å². The molecule has 1 heterocycles. The first-order chi connectivity index (χ1) is 6.91. The van der Waals surface area contributed by atoms with Crippen molar-refractivity contribution in [2.45, 2.75) is 13.8 Å². The second-order valence-electron chi connectivity index (χ2n) is 4.19. The van der Waals surface area contributed by atoms with E-state index in [1.165, 1.54) is 0 Å². The molecule has 5 nitrogen and oxygen atoms in total. The van der Waals surface area contributed by atoms with Crippen molar-refractivity contribution in [2.24, 2.45) is 13.0 Å². The largest absolute Gasteiger partial charge is 0.396 e. The molecule has 2 N–H and O–H groups in total. The van der Waals surface area contributed by atoms with Gasteiger partial charge in [0.25, 0.3) is 5.91 Å². The number of hydrogen-bond donors (Lipinski definition) is 1. The Morgan fingerprint density at radius 3 is 2.67 bits per heavy atom. The van der Waals surface area contributed by atoms with Gasteiger partial charge in [0.15, 0.2) is 5.69 Å². The molecule has 0 aliphatic rings. The highest BCUT2D eigenvalue weighted by molar-refractivity contribution is 5.96. The van der Waals surface area contributed by atoms with Crippen LogP contribution in [0.15, 0.2) is 6.20 Å². The molecule has 0 atom stereocenters. The summed E-state index contributed by atoms with van der Waals surface area (Å²) in [5.74, 6) is 0.311. The molecule has 0 unspecified atom stereocenters. The number of nitrogens with two attached hydrogens (primary N) is 1. The van der Waals surface area contributed by atoms with E-state index in [0.717, 1.165) is 0 Å². The fraction of sp³-hybridized carbons (Fsp3) is 0.600. The van der Waals surface area contributed by atoms with E-state index in [9.17, 15) is 4.79 Å². The van der Waals surface area contributed by atoms with Gasteiger partial charge >= 0.3 is 0 Å². The molecule has 0 aromatic carbocycles. The first-order valence-electron chi connectivity index (χ1n) is 4.96. The zero-order valence-corrected chi connectivity index (χ0v) is 9.69. The maximum absolute atomic E-state index is 11.9. The molecule has 0 aliphatic heterocycles. The number of anilines is 1. The lowest BCUT2D eigenvalue weighted by Crippen LogP contribution is -2.31. The number of carbonyl (C=O) groups excluding carboxylic acids is 1. The van der Waals surface area contributed by atoms with Crippen molar-refractivity contribution in [3.8, 4) is 0 Å². The Labute approximate surface area is 89.9 Å². The smallest absolute Gasteiger partial charge is 0.276 e. The molecule has 0 fully saturated rings. The van der Waals surface area contributed by atoms with Crippen molar-refractivity contribution < 1.29 is 4.79 Å². The number of nitrogen functional groups attached to an aromatic ring is 1. The first kappa shape index (κ1) is 11.6. The zero-order chi connectivity index (χ0) is 11.6. The lowest BCUT2D eigenvalue weighted by atomic mass is 10.2. The monoisotopic (exact) mass is 210 g/mol. The van der Waals surface area contributed by atoms with Gasteiger partial charge in [-0.05, 0) is 5.92 Å². The van der Waals surface area contributed by atoms with Crippen molar-refractivity contribution >= 4 is 11.6 Å². The number of aryl methyl sites for hydroxylation is 1. The summed E-state index contributed by atoms with van der Waals surface area (Å²) in [6.07, 6.45) is 1.64. The maximum Gasteiger partial charge on any atom is 0.276 e. The molecule has 0 saturated carbocycles. The summed E-state index contributed by atoms with van der Waals surface area (Å²) in [7, 11) is 3.51. The van der Waals surface area contributed by atoms with Crippen LogP contribution in [0.25, 0.3) is 0 Å². The second-order valence-corrected chi connectivity index (χ2v) is 4.19. The van der Waals surface area contributed by atoms with Crippen LogP contribution in [0.3, 0.4) is 0 Å². The van der Waals surface area contributed by atoms with Gasteiger partial charge in [-0.2, -0.15) is 5.10 Å². The number of carbonyl (C=O) groups is 1. The predicted molar refractivity (Wildman–Crippen MR) is 59.4 cm³/mol. The van der Waals surface area contributed by atoms with Gasteiger partial charge in [0.2, 0.25) is 0 Å². The molecule has 15 heavy (non-hydrogen) atoms. The molecule has 0 bridgehead atoms. The third kappa shape index (κ3) is 2.71. The number of hydrogen-bond acceptors (Lipinski definition) is 3. The quantitative estimate of drug-likeness (QED) is 0.800. The molecule has 1 amide bonds. The van der Waals surface area contributed by atoms with E-state index in [0.29, 0.717) is 23.8 Å². The van der Waals surface area contributed by atoms with Gasteiger partial charge in [-0.3, -0.25) is 9.48 Å². The van der Waals surface area contributed by atoms with Gasteiger partial charge in [-0.1, -0.05) is 13.8 Å². The highest BCUT2D eigenvalue weighted by atomic mass is 16.2. The maximum atomic E-state index is 11.9. The number of nitrogens with zero attached hydrogens (tertiary/aromatic N) is 3. The van der Waals surface area contributed by atoms with Crippen LogP contribution in [0.5, 0.6) is 0 Å². The Bertz CT molecular complexity index is 356. The topological polar surface area (TPSA) is 64.2 Å². The molecule has 84 valence electrons. The minimum absolute atomic E-state index is 0.123. The summed E-state index contributed by atoms with van der Waals surface area (Å²) >= 11 is 0. The standard InChI is InChI=1S/C10H18N4O/c1-7(2)5-13(3)10(15)9-8(11)6-14(4)12-9/h6-7H,5,11H2,1-4H3. The summed E-state index contributed by atoms with van der Waals surface area (Å²) in [5, 5.41) is 4.04. The van der Waals surface area contributed by atoms with Crippen molar-refractivity contribution in [3.63, 3.8) is 0 Å². The molecule has 1 aromatic rings. The molecule has 5 heteroatoms. The van der Waals surface area contributed by atoms with Gasteiger partial charge < -0.3 is 10.6 Å². The van der Waals surface area contributed by atoms with Gasteiger partial charge in [-0.25, -0.2) is 0 Å². The van der Waals surface area contributed by atoms with Crippen LogP contribution < -0.4 is 5.73 Å². The summed E-state index contributed by atoms with van der Waals surface area (Å²) in [4.78, 5) is 13.5. The minimum atomic E-state index is -0.123. The fourth-order valence-corrected chi connectivity index (χ4v) is 1.48. The molecular formula is C10H18N4O. The van der Waals surface area contributed by atoms with Gasteiger partial charge in [0, 0.05) is 26.8 Å². The van der Waals surface area contributed by atoms with E-state index >= 15 is 0 Å². The van der Waals surface area contributed by atoms with Gasteiger partial charge in [-0.15, -0.1) is 0 Å². The molecule has 1 rings (SSSR count). The molecule has 1 aromatic heterocycles. The van der Waals surface area contributed by atoms with Crippen LogP contribution in [0.2, 0.25) is 0 Å². The van der Waals surface area contributed by atoms with Crippen molar-refractivity contribution in [1.29, 1.82) is 0 Å². The lowest BCUT2D eigenvalue weighted by molar-refractivity contribution is 0.0773. The number of rotatable bonds is 3. The summed E-state index contributed by atoms with van der Waals surface area (Å²) < 4.78 is 1.55. The molecule has 0 aliphatic carbocycles. The zero-order valence-electron chi connectivity index (χ0n) is 9.69. The van der Waals surface area contributed by atoms with Crippen LogP contribution in [0, 0.1) is 5.92 Å². The summed E-state index contributed by atoms with van der Waals surface area (Å²) in [6.45, 7) is 4.83. The van der Waals surface area contributed by atoms with Crippen molar-refractivity contribution in [1.82, 2.24) is 14.7 Å². The van der Waals surface area contributed by atoms with Crippen LogP contribution in [-0.4, -0.2) is 34.2 Å². The van der Waals surface area contributed by atoms with Gasteiger partial charge in [0.05, 0.1) is 5.69 Å². The lowest BCUT2D eigenvalue weighted by Gasteiger charge is -2.18. The van der Waals surface area contributed by atoms with E-state index in [2.05, 4.69) is 18.9 Å². The highest BCUT2D eigenvalue weighted by Crippen LogP contribution is 2.11. The highest BCUT2D eigenvalue weighted by Gasteiger charge is 2.18. The van der Waals surface area contributed by atoms with Crippen LogP contribution in [0.4, 0.5) is 5.69 Å². The Kier molecular flexibility index (Phi) is 3.34. The Morgan fingerprint density at radius 2 is 2.27 bits per heavy atom. The van der Waals surface area contributed by atoms with E-state index in [4.69, 9.17) is 5.73 Å². The number of amides is 1. The second kappa shape index (κ2) is 4.33. The Hall–Kier alpha value is -1.52. The first-order valence-corrected chi connectivity index (χ1v) is 4.96. The number of aromatic nitrogens is 2. The Balaban J connectivity index is 2.80. The van der Waals surface area contributed by atoms with E-state index in [-0.39, 0.29) is 5.91 Å².